The number of rotatable bonds is 3. The van der Waals surface area contributed by atoms with Crippen LogP contribution in [0.1, 0.15) is 60.8 Å². The van der Waals surface area contributed by atoms with Crippen molar-refractivity contribution in [1.29, 1.82) is 0 Å². The smallest absolute Gasteiger partial charge is 0.192 e. The molecule has 0 aliphatic carbocycles. The predicted molar refractivity (Wildman–Crippen MR) is 99.7 cm³/mol. The zero-order chi connectivity index (χ0) is 17.9. The maximum atomic E-state index is 6.61. The fraction of sp³-hybridized carbons (Fsp3) is 1.00. The summed E-state index contributed by atoms with van der Waals surface area (Å²) in [6.45, 7) is 18.8. The molecule has 3 heterocycles. The minimum absolute atomic E-state index is 0.148. The van der Waals surface area contributed by atoms with Gasteiger partial charge in [0.1, 0.15) is 12.2 Å². The van der Waals surface area contributed by atoms with Crippen molar-refractivity contribution in [2.24, 2.45) is 0 Å². The van der Waals surface area contributed by atoms with Crippen LogP contribution in [0.25, 0.3) is 0 Å². The maximum absolute atomic E-state index is 6.61. The molecule has 0 spiro atoms. The lowest BCUT2D eigenvalue weighted by atomic mass is 9.96. The molecular weight excluding hydrogens is 318 g/mol. The van der Waals surface area contributed by atoms with Crippen LogP contribution in [0.5, 0.6) is 0 Å². The van der Waals surface area contributed by atoms with Crippen LogP contribution in [-0.4, -0.2) is 55.9 Å². The van der Waals surface area contributed by atoms with E-state index in [1.165, 1.54) is 19.3 Å². The van der Waals surface area contributed by atoms with E-state index in [1.54, 1.807) is 0 Å². The Bertz CT molecular complexity index is 474. The van der Waals surface area contributed by atoms with Gasteiger partial charge in [-0.05, 0) is 51.7 Å². The SMILES string of the molecule is C[C@H]1CCC[C@H]2[C@@H]3OC(C)(C)O[C@@H]3[C@H](CO[Si](C)(C)C(C)(C)C)N12. The average molecular weight is 356 g/mol. The number of nitrogens with zero attached hydrogens (tertiary/aromatic N) is 1. The molecule has 0 aromatic rings. The van der Waals surface area contributed by atoms with Gasteiger partial charge in [-0.15, -0.1) is 0 Å². The molecule has 3 rings (SSSR count). The first kappa shape index (κ1) is 18.8. The second kappa shape index (κ2) is 6.05. The highest BCUT2D eigenvalue weighted by molar-refractivity contribution is 6.74. The quantitative estimate of drug-likeness (QED) is 0.712. The lowest BCUT2D eigenvalue weighted by molar-refractivity contribution is -0.175. The van der Waals surface area contributed by atoms with Gasteiger partial charge in [-0.1, -0.05) is 27.2 Å². The Hall–Kier alpha value is 0.0569. The van der Waals surface area contributed by atoms with Crippen molar-refractivity contribution >= 4 is 8.32 Å². The number of hydrogen-bond donors (Lipinski definition) is 0. The largest absolute Gasteiger partial charge is 0.415 e. The molecule has 0 aromatic carbocycles. The van der Waals surface area contributed by atoms with Crippen LogP contribution in [-0.2, 0) is 13.9 Å². The molecule has 0 saturated carbocycles. The first-order valence-electron chi connectivity index (χ1n) is 9.70. The number of hydrogen-bond acceptors (Lipinski definition) is 4. The van der Waals surface area contributed by atoms with Gasteiger partial charge in [0.05, 0.1) is 12.6 Å². The number of ether oxygens (including phenoxy) is 2. The van der Waals surface area contributed by atoms with Gasteiger partial charge in [-0.3, -0.25) is 4.90 Å². The standard InChI is InChI=1S/C19H37NO3Si/c1-13-10-9-11-14-16-17(23-19(5,6)22-16)15(20(13)14)12-21-24(7,8)18(2,3)4/h13-17H,9-12H2,1-8H3/t13-,14-,15-,16-,17+/m0/s1. The van der Waals surface area contributed by atoms with E-state index in [-0.39, 0.29) is 17.2 Å². The fourth-order valence-electron chi connectivity index (χ4n) is 4.43. The minimum Gasteiger partial charge on any atom is -0.415 e. The molecule has 5 atom stereocenters. The normalized spacial score (nSPS) is 39.8. The molecule has 4 nitrogen and oxygen atoms in total. The molecule has 140 valence electrons. The van der Waals surface area contributed by atoms with E-state index in [9.17, 15) is 0 Å². The first-order valence-corrected chi connectivity index (χ1v) is 12.6. The minimum atomic E-state index is -1.75. The van der Waals surface area contributed by atoms with Crippen molar-refractivity contribution in [2.75, 3.05) is 6.61 Å². The Balaban J connectivity index is 1.79. The van der Waals surface area contributed by atoms with Gasteiger partial charge in [0, 0.05) is 12.1 Å². The number of fused-ring (bicyclic) bond motifs is 3. The van der Waals surface area contributed by atoms with Gasteiger partial charge >= 0.3 is 0 Å². The lowest BCUT2D eigenvalue weighted by Crippen LogP contribution is -2.53. The fourth-order valence-corrected chi connectivity index (χ4v) is 5.45. The van der Waals surface area contributed by atoms with Gasteiger partial charge in [0.25, 0.3) is 0 Å². The van der Waals surface area contributed by atoms with Crippen molar-refractivity contribution < 1.29 is 13.9 Å². The molecule has 5 heteroatoms. The van der Waals surface area contributed by atoms with Crippen molar-refractivity contribution in [3.8, 4) is 0 Å². The van der Waals surface area contributed by atoms with Gasteiger partial charge < -0.3 is 13.9 Å². The Labute approximate surface area is 149 Å². The Morgan fingerprint density at radius 2 is 1.75 bits per heavy atom. The molecule has 0 N–H and O–H groups in total. The topological polar surface area (TPSA) is 30.9 Å². The molecule has 3 fully saturated rings. The molecule has 0 radical (unpaired) electrons. The molecule has 3 aliphatic heterocycles. The zero-order valence-corrected chi connectivity index (χ0v) is 17.9. The summed E-state index contributed by atoms with van der Waals surface area (Å²) in [5, 5.41) is 0.240. The third kappa shape index (κ3) is 3.23. The van der Waals surface area contributed by atoms with Gasteiger partial charge in [-0.2, -0.15) is 0 Å². The highest BCUT2D eigenvalue weighted by Crippen LogP contribution is 2.46. The average Bonchev–Trinajstić information content (AvgIpc) is 2.88. The summed E-state index contributed by atoms with van der Waals surface area (Å²) in [5.74, 6) is -0.461. The molecule has 0 amide bonds. The van der Waals surface area contributed by atoms with E-state index in [0.717, 1.165) is 6.61 Å². The second-order valence-electron chi connectivity index (χ2n) is 10.00. The molecule has 3 saturated heterocycles. The van der Waals surface area contributed by atoms with E-state index in [2.05, 4.69) is 45.7 Å². The van der Waals surface area contributed by atoms with Crippen LogP contribution in [0, 0.1) is 0 Å². The molecular formula is C19H37NO3Si. The summed E-state index contributed by atoms with van der Waals surface area (Å²) in [6, 6.07) is 1.41. The van der Waals surface area contributed by atoms with E-state index < -0.39 is 14.1 Å². The summed E-state index contributed by atoms with van der Waals surface area (Å²) in [5.41, 5.74) is 0. The summed E-state index contributed by atoms with van der Waals surface area (Å²) in [7, 11) is -1.75. The number of piperidine rings is 1. The summed E-state index contributed by atoms with van der Waals surface area (Å²) in [4.78, 5) is 2.67. The molecule has 0 unspecified atom stereocenters. The summed E-state index contributed by atoms with van der Waals surface area (Å²) < 4.78 is 19.3. The van der Waals surface area contributed by atoms with Gasteiger partial charge in [-0.25, -0.2) is 0 Å². The van der Waals surface area contributed by atoms with Gasteiger partial charge in [0.15, 0.2) is 14.1 Å². The monoisotopic (exact) mass is 355 g/mol. The predicted octanol–water partition coefficient (Wildman–Crippen LogP) is 4.15. The highest BCUT2D eigenvalue weighted by Gasteiger charge is 2.59. The zero-order valence-electron chi connectivity index (χ0n) is 16.9. The van der Waals surface area contributed by atoms with Crippen molar-refractivity contribution in [1.82, 2.24) is 4.90 Å². The Kier molecular flexibility index (Phi) is 4.75. The Morgan fingerprint density at radius 3 is 2.38 bits per heavy atom. The molecule has 0 bridgehead atoms. The van der Waals surface area contributed by atoms with Crippen molar-refractivity contribution in [3.63, 3.8) is 0 Å². The van der Waals surface area contributed by atoms with E-state index in [4.69, 9.17) is 13.9 Å². The third-order valence-electron chi connectivity index (χ3n) is 6.74. The van der Waals surface area contributed by atoms with Crippen LogP contribution in [0.3, 0.4) is 0 Å². The maximum Gasteiger partial charge on any atom is 0.192 e. The highest BCUT2D eigenvalue weighted by atomic mass is 28.4. The van der Waals surface area contributed by atoms with E-state index >= 15 is 0 Å². The van der Waals surface area contributed by atoms with E-state index in [1.807, 2.05) is 13.8 Å². The van der Waals surface area contributed by atoms with Gasteiger partial charge in [0.2, 0.25) is 0 Å². The van der Waals surface area contributed by atoms with Crippen LogP contribution < -0.4 is 0 Å². The van der Waals surface area contributed by atoms with E-state index in [0.29, 0.717) is 18.1 Å². The molecule has 24 heavy (non-hydrogen) atoms. The summed E-state index contributed by atoms with van der Waals surface area (Å²) >= 11 is 0. The van der Waals surface area contributed by atoms with Crippen LogP contribution in [0.4, 0.5) is 0 Å². The molecule has 3 aliphatic rings. The Morgan fingerprint density at radius 1 is 1.12 bits per heavy atom. The van der Waals surface area contributed by atoms with Crippen molar-refractivity contribution in [2.45, 2.75) is 115 Å². The third-order valence-corrected chi connectivity index (χ3v) is 11.2. The van der Waals surface area contributed by atoms with Crippen LogP contribution in [0.2, 0.25) is 18.1 Å². The van der Waals surface area contributed by atoms with Crippen molar-refractivity contribution in [3.05, 3.63) is 0 Å². The summed E-state index contributed by atoms with van der Waals surface area (Å²) in [6.07, 6.45) is 4.15. The second-order valence-corrected chi connectivity index (χ2v) is 14.8. The molecule has 0 aromatic heterocycles. The van der Waals surface area contributed by atoms with Crippen LogP contribution >= 0.6 is 0 Å². The first-order chi connectivity index (χ1) is 10.9. The lowest BCUT2D eigenvalue weighted by Gasteiger charge is -2.43. The van der Waals surface area contributed by atoms with Crippen LogP contribution in [0.15, 0.2) is 0 Å².